The first-order chi connectivity index (χ1) is 9.25. The van der Waals surface area contributed by atoms with Crippen LogP contribution >= 0.6 is 34.8 Å². The number of hydrogen-bond donors (Lipinski definition) is 1. The molecule has 0 saturated heterocycles. The zero-order valence-electron chi connectivity index (χ0n) is 11.0. The number of aromatic nitrogens is 2. The van der Waals surface area contributed by atoms with Gasteiger partial charge in [-0.25, -0.2) is 4.68 Å². The molecule has 0 atom stereocenters. The fourth-order valence-corrected chi connectivity index (χ4v) is 2.64. The van der Waals surface area contributed by atoms with E-state index in [0.717, 1.165) is 0 Å². The number of rotatable bonds is 2. The van der Waals surface area contributed by atoms with Crippen LogP contribution in [0.3, 0.4) is 0 Å². The van der Waals surface area contributed by atoms with Gasteiger partial charge in [-0.2, -0.15) is 5.10 Å². The standard InChI is InChI=1S/C13H11Cl3N2O2/c1-5-8(14)4-7(11(16)10(5)15)12(19)9-6(2)17-18(3)13(9)20/h4,20H,1-3H3. The highest BCUT2D eigenvalue weighted by molar-refractivity contribution is 6.46. The van der Waals surface area contributed by atoms with E-state index in [1.807, 2.05) is 0 Å². The number of aryl methyl sites for hydroxylation is 2. The highest BCUT2D eigenvalue weighted by atomic mass is 35.5. The largest absolute Gasteiger partial charge is 0.493 e. The van der Waals surface area contributed by atoms with Crippen molar-refractivity contribution in [2.24, 2.45) is 7.05 Å². The number of ketones is 1. The van der Waals surface area contributed by atoms with E-state index >= 15 is 0 Å². The maximum absolute atomic E-state index is 12.5. The first kappa shape index (κ1) is 15.2. The first-order valence-electron chi connectivity index (χ1n) is 5.67. The summed E-state index contributed by atoms with van der Waals surface area (Å²) in [4.78, 5) is 12.5. The molecule has 0 aliphatic carbocycles. The van der Waals surface area contributed by atoms with Crippen molar-refractivity contribution < 1.29 is 9.90 Å². The lowest BCUT2D eigenvalue weighted by molar-refractivity contribution is 0.103. The third-order valence-corrected chi connectivity index (χ3v) is 4.41. The third kappa shape index (κ3) is 2.28. The number of nitrogens with zero attached hydrogens (tertiary/aromatic N) is 2. The average Bonchev–Trinajstić information content (AvgIpc) is 2.64. The van der Waals surface area contributed by atoms with Crippen LogP contribution in [-0.4, -0.2) is 20.7 Å². The Morgan fingerprint density at radius 2 is 1.85 bits per heavy atom. The summed E-state index contributed by atoms with van der Waals surface area (Å²) < 4.78 is 1.22. The van der Waals surface area contributed by atoms with Crippen LogP contribution in [0.1, 0.15) is 27.2 Å². The third-order valence-electron chi connectivity index (χ3n) is 3.05. The van der Waals surface area contributed by atoms with Gasteiger partial charge >= 0.3 is 0 Å². The summed E-state index contributed by atoms with van der Waals surface area (Å²) in [6.07, 6.45) is 0. The lowest BCUT2D eigenvalue weighted by atomic mass is 10.0. The molecule has 1 heterocycles. The summed E-state index contributed by atoms with van der Waals surface area (Å²) in [5.41, 5.74) is 1.23. The van der Waals surface area contributed by atoms with Crippen LogP contribution in [0.4, 0.5) is 0 Å². The highest BCUT2D eigenvalue weighted by Gasteiger charge is 2.25. The van der Waals surface area contributed by atoms with Crippen LogP contribution in [0.25, 0.3) is 0 Å². The number of carbonyl (C=O) groups is 1. The number of benzene rings is 1. The fourth-order valence-electron chi connectivity index (χ4n) is 1.90. The molecule has 0 bridgehead atoms. The van der Waals surface area contributed by atoms with E-state index in [-0.39, 0.29) is 27.1 Å². The number of hydrogen-bond acceptors (Lipinski definition) is 3. The molecule has 1 aromatic heterocycles. The van der Waals surface area contributed by atoms with Crippen molar-refractivity contribution in [3.05, 3.63) is 43.5 Å². The zero-order chi connectivity index (χ0) is 15.2. The maximum Gasteiger partial charge on any atom is 0.220 e. The Morgan fingerprint density at radius 1 is 1.25 bits per heavy atom. The second kappa shape index (κ2) is 5.28. The second-order valence-corrected chi connectivity index (χ2v) is 5.56. The van der Waals surface area contributed by atoms with E-state index in [1.54, 1.807) is 13.8 Å². The Hall–Kier alpha value is -1.23. The second-order valence-electron chi connectivity index (χ2n) is 4.40. The van der Waals surface area contributed by atoms with Crippen LogP contribution in [0.2, 0.25) is 15.1 Å². The van der Waals surface area contributed by atoms with E-state index in [2.05, 4.69) is 5.10 Å². The van der Waals surface area contributed by atoms with Crippen LogP contribution in [0.15, 0.2) is 6.07 Å². The molecule has 0 saturated carbocycles. The van der Waals surface area contributed by atoms with Crippen molar-refractivity contribution in [3.8, 4) is 5.88 Å². The molecule has 0 aliphatic rings. The molecular formula is C13H11Cl3N2O2. The topological polar surface area (TPSA) is 55.1 Å². The Balaban J connectivity index is 2.66. The van der Waals surface area contributed by atoms with Gasteiger partial charge in [0, 0.05) is 17.6 Å². The summed E-state index contributed by atoms with van der Waals surface area (Å²) in [5, 5.41) is 14.6. The van der Waals surface area contributed by atoms with Gasteiger partial charge in [0.05, 0.1) is 15.7 Å². The Bertz CT molecular complexity index is 723. The minimum atomic E-state index is -0.470. The number of halogens is 3. The Morgan fingerprint density at radius 3 is 2.35 bits per heavy atom. The van der Waals surface area contributed by atoms with Gasteiger partial charge in [0.15, 0.2) is 0 Å². The predicted molar refractivity (Wildman–Crippen MR) is 79.3 cm³/mol. The smallest absolute Gasteiger partial charge is 0.220 e. The van der Waals surface area contributed by atoms with E-state index in [0.29, 0.717) is 16.3 Å². The van der Waals surface area contributed by atoms with Gasteiger partial charge in [0.2, 0.25) is 11.7 Å². The number of aromatic hydroxyl groups is 1. The molecule has 2 aromatic rings. The van der Waals surface area contributed by atoms with Gasteiger partial charge in [0.25, 0.3) is 0 Å². The predicted octanol–water partition coefficient (Wildman–Crippen LogP) is 3.93. The molecule has 0 unspecified atom stereocenters. The summed E-state index contributed by atoms with van der Waals surface area (Å²) >= 11 is 18.2. The van der Waals surface area contributed by atoms with E-state index in [1.165, 1.54) is 17.8 Å². The summed E-state index contributed by atoms with van der Waals surface area (Å²) in [7, 11) is 1.54. The molecule has 4 nitrogen and oxygen atoms in total. The normalized spacial score (nSPS) is 10.9. The van der Waals surface area contributed by atoms with Crippen LogP contribution in [0, 0.1) is 13.8 Å². The summed E-state index contributed by atoms with van der Waals surface area (Å²) in [6.45, 7) is 3.33. The van der Waals surface area contributed by atoms with Gasteiger partial charge in [-0.15, -0.1) is 0 Å². The lowest BCUT2D eigenvalue weighted by Gasteiger charge is -2.09. The molecule has 7 heteroatoms. The Labute approximate surface area is 130 Å². The maximum atomic E-state index is 12.5. The van der Waals surface area contributed by atoms with Crippen molar-refractivity contribution in [1.82, 2.24) is 9.78 Å². The number of carbonyl (C=O) groups excluding carboxylic acids is 1. The molecule has 2 rings (SSSR count). The van der Waals surface area contributed by atoms with Crippen molar-refractivity contribution in [3.63, 3.8) is 0 Å². The van der Waals surface area contributed by atoms with Crippen molar-refractivity contribution >= 4 is 40.6 Å². The van der Waals surface area contributed by atoms with Crippen LogP contribution < -0.4 is 0 Å². The van der Waals surface area contributed by atoms with E-state index in [9.17, 15) is 9.90 Å². The van der Waals surface area contributed by atoms with Gasteiger partial charge < -0.3 is 5.11 Å². The van der Waals surface area contributed by atoms with E-state index < -0.39 is 5.78 Å². The minimum absolute atomic E-state index is 0.0883. The first-order valence-corrected chi connectivity index (χ1v) is 6.80. The molecule has 0 fully saturated rings. The zero-order valence-corrected chi connectivity index (χ0v) is 13.2. The van der Waals surface area contributed by atoms with Gasteiger partial charge in [-0.05, 0) is 25.5 Å². The fraction of sp³-hybridized carbons (Fsp3) is 0.231. The van der Waals surface area contributed by atoms with Crippen LogP contribution in [-0.2, 0) is 7.05 Å². The minimum Gasteiger partial charge on any atom is -0.493 e. The molecule has 106 valence electrons. The average molecular weight is 334 g/mol. The summed E-state index contributed by atoms with van der Waals surface area (Å²) in [5.74, 6) is -0.696. The molecule has 0 amide bonds. The van der Waals surface area contributed by atoms with Crippen molar-refractivity contribution in [2.45, 2.75) is 13.8 Å². The van der Waals surface area contributed by atoms with Crippen molar-refractivity contribution in [2.75, 3.05) is 0 Å². The molecule has 20 heavy (non-hydrogen) atoms. The monoisotopic (exact) mass is 332 g/mol. The molecule has 1 aromatic carbocycles. The van der Waals surface area contributed by atoms with E-state index in [4.69, 9.17) is 34.8 Å². The Kier molecular flexibility index (Phi) is 4.00. The highest BCUT2D eigenvalue weighted by Crippen LogP contribution is 2.36. The summed E-state index contributed by atoms with van der Waals surface area (Å²) in [6, 6.07) is 1.44. The molecule has 0 aliphatic heterocycles. The van der Waals surface area contributed by atoms with Gasteiger partial charge in [-0.1, -0.05) is 34.8 Å². The van der Waals surface area contributed by atoms with Crippen molar-refractivity contribution in [1.29, 1.82) is 0 Å². The quantitative estimate of drug-likeness (QED) is 0.669. The van der Waals surface area contributed by atoms with Crippen LogP contribution in [0.5, 0.6) is 5.88 Å². The molecular weight excluding hydrogens is 323 g/mol. The van der Waals surface area contributed by atoms with Gasteiger partial charge in [-0.3, -0.25) is 4.79 Å². The van der Waals surface area contributed by atoms with Gasteiger partial charge in [0.1, 0.15) is 5.56 Å². The molecule has 0 spiro atoms. The lowest BCUT2D eigenvalue weighted by Crippen LogP contribution is -2.05. The molecule has 0 radical (unpaired) electrons. The molecule has 1 N–H and O–H groups in total. The SMILES string of the molecule is Cc1nn(C)c(O)c1C(=O)c1cc(Cl)c(C)c(Cl)c1Cl.